The molecule has 0 bridgehead atoms. The number of hydrogen-bond donors (Lipinski definition) is 2. The molecule has 2 N–H and O–H groups in total. The fourth-order valence-electron chi connectivity index (χ4n) is 2.23. The van der Waals surface area contributed by atoms with Crippen molar-refractivity contribution in [2.24, 2.45) is 5.92 Å². The van der Waals surface area contributed by atoms with Crippen LogP contribution >= 0.6 is 11.6 Å². The molecule has 0 spiro atoms. The first-order chi connectivity index (χ1) is 9.95. The quantitative estimate of drug-likeness (QED) is 0.735. The van der Waals surface area contributed by atoms with E-state index < -0.39 is 6.10 Å². The van der Waals surface area contributed by atoms with Crippen molar-refractivity contribution in [2.45, 2.75) is 26.5 Å². The van der Waals surface area contributed by atoms with Gasteiger partial charge in [0.15, 0.2) is 0 Å². The van der Waals surface area contributed by atoms with Crippen molar-refractivity contribution in [2.75, 3.05) is 38.8 Å². The molecule has 4 nitrogen and oxygen atoms in total. The molecule has 0 saturated heterocycles. The largest absolute Gasteiger partial charge is 0.389 e. The van der Waals surface area contributed by atoms with E-state index in [1.54, 1.807) is 7.11 Å². The van der Waals surface area contributed by atoms with Gasteiger partial charge in [-0.3, -0.25) is 0 Å². The average Bonchev–Trinajstić information content (AvgIpc) is 2.40. The Balaban J connectivity index is 2.78. The number of methoxy groups -OCH3 is 1. The van der Waals surface area contributed by atoms with Crippen molar-refractivity contribution < 1.29 is 9.84 Å². The van der Waals surface area contributed by atoms with Crippen LogP contribution in [-0.2, 0) is 11.3 Å². The Morgan fingerprint density at radius 2 is 2.10 bits per heavy atom. The van der Waals surface area contributed by atoms with Crippen LogP contribution in [0.5, 0.6) is 0 Å². The lowest BCUT2D eigenvalue weighted by Gasteiger charge is -2.25. The Labute approximate surface area is 133 Å². The monoisotopic (exact) mass is 314 g/mol. The van der Waals surface area contributed by atoms with Crippen molar-refractivity contribution in [1.82, 2.24) is 5.32 Å². The summed E-state index contributed by atoms with van der Waals surface area (Å²) in [5, 5.41) is 14.0. The van der Waals surface area contributed by atoms with Crippen LogP contribution in [0.3, 0.4) is 0 Å². The lowest BCUT2D eigenvalue weighted by atomic mass is 10.1. The van der Waals surface area contributed by atoms with Gasteiger partial charge in [0.25, 0.3) is 0 Å². The van der Waals surface area contributed by atoms with Crippen molar-refractivity contribution >= 4 is 17.3 Å². The molecule has 1 unspecified atom stereocenters. The minimum absolute atomic E-state index is 0.325. The van der Waals surface area contributed by atoms with Crippen LogP contribution in [-0.4, -0.2) is 45.1 Å². The molecule has 5 heteroatoms. The van der Waals surface area contributed by atoms with E-state index in [2.05, 4.69) is 19.2 Å². The van der Waals surface area contributed by atoms with E-state index in [0.29, 0.717) is 19.1 Å². The third kappa shape index (κ3) is 6.22. The van der Waals surface area contributed by atoms with E-state index in [4.69, 9.17) is 16.3 Å². The molecule has 1 aromatic carbocycles. The van der Waals surface area contributed by atoms with Gasteiger partial charge in [-0.1, -0.05) is 31.5 Å². The first-order valence-corrected chi connectivity index (χ1v) is 7.69. The van der Waals surface area contributed by atoms with Crippen molar-refractivity contribution in [3.63, 3.8) is 0 Å². The smallest absolute Gasteiger partial charge is 0.0947 e. The van der Waals surface area contributed by atoms with Crippen LogP contribution in [0.1, 0.15) is 19.4 Å². The molecule has 0 aromatic heterocycles. The molecule has 21 heavy (non-hydrogen) atoms. The maximum Gasteiger partial charge on any atom is 0.0947 e. The second-order valence-electron chi connectivity index (χ2n) is 5.75. The highest BCUT2D eigenvalue weighted by Gasteiger charge is 2.14. The molecule has 1 rings (SSSR count). The Bertz CT molecular complexity index is 427. The summed E-state index contributed by atoms with van der Waals surface area (Å²) in [6, 6.07) is 5.86. The van der Waals surface area contributed by atoms with Crippen molar-refractivity contribution in [3.8, 4) is 0 Å². The van der Waals surface area contributed by atoms with Crippen LogP contribution in [0, 0.1) is 5.92 Å². The number of aliphatic hydroxyl groups is 1. The zero-order valence-corrected chi connectivity index (χ0v) is 14.2. The van der Waals surface area contributed by atoms with Gasteiger partial charge in [-0.2, -0.15) is 0 Å². The highest BCUT2D eigenvalue weighted by Crippen LogP contribution is 2.27. The fraction of sp³-hybridized carbons (Fsp3) is 0.625. The number of rotatable bonds is 9. The number of halogens is 1. The summed E-state index contributed by atoms with van der Waals surface area (Å²) >= 11 is 6.33. The number of benzene rings is 1. The molecule has 1 aromatic rings. The molecule has 0 amide bonds. The molecule has 0 aliphatic rings. The van der Waals surface area contributed by atoms with Crippen molar-refractivity contribution in [3.05, 3.63) is 28.8 Å². The highest BCUT2D eigenvalue weighted by atomic mass is 35.5. The minimum atomic E-state index is -0.518. The summed E-state index contributed by atoms with van der Waals surface area (Å²) < 4.78 is 4.97. The molecular formula is C16H27ClN2O2. The first-order valence-electron chi connectivity index (χ1n) is 7.32. The highest BCUT2D eigenvalue weighted by molar-refractivity contribution is 6.31. The normalized spacial score (nSPS) is 12.7. The Morgan fingerprint density at radius 3 is 2.71 bits per heavy atom. The van der Waals surface area contributed by atoms with Gasteiger partial charge in [-0.05, 0) is 24.6 Å². The van der Waals surface area contributed by atoms with Gasteiger partial charge in [-0.15, -0.1) is 0 Å². The van der Waals surface area contributed by atoms with Crippen LogP contribution < -0.4 is 10.2 Å². The Morgan fingerprint density at radius 1 is 1.38 bits per heavy atom. The molecule has 0 fully saturated rings. The van der Waals surface area contributed by atoms with Crippen LogP contribution in [0.2, 0.25) is 5.02 Å². The number of nitrogens with zero attached hydrogens (tertiary/aromatic N) is 1. The second kappa shape index (κ2) is 9.26. The second-order valence-corrected chi connectivity index (χ2v) is 6.16. The molecule has 0 aliphatic carbocycles. The zero-order chi connectivity index (χ0) is 15.8. The van der Waals surface area contributed by atoms with Gasteiger partial charge in [0.2, 0.25) is 0 Å². The number of aliphatic hydroxyl groups excluding tert-OH is 1. The number of hydrogen-bond acceptors (Lipinski definition) is 4. The summed E-state index contributed by atoms with van der Waals surface area (Å²) in [7, 11) is 3.54. The molecule has 0 saturated carbocycles. The van der Waals surface area contributed by atoms with E-state index in [9.17, 15) is 5.11 Å². The summed E-state index contributed by atoms with van der Waals surface area (Å²) in [6.45, 7) is 6.84. The third-order valence-electron chi connectivity index (χ3n) is 3.20. The number of likely N-dealkylation sites (N-methyl/N-ethyl adjacent to an activating group) is 1. The summed E-state index contributed by atoms with van der Waals surface area (Å²) in [4.78, 5) is 2.02. The van der Waals surface area contributed by atoms with Crippen LogP contribution in [0.4, 0.5) is 5.69 Å². The lowest BCUT2D eigenvalue weighted by molar-refractivity contribution is 0.0695. The van der Waals surface area contributed by atoms with E-state index in [1.165, 1.54) is 0 Å². The van der Waals surface area contributed by atoms with E-state index in [0.717, 1.165) is 29.4 Å². The average molecular weight is 315 g/mol. The first kappa shape index (κ1) is 18.2. The Hall–Kier alpha value is -0.810. The third-order valence-corrected chi connectivity index (χ3v) is 3.56. The fourth-order valence-corrected chi connectivity index (χ4v) is 2.46. The molecule has 0 radical (unpaired) electrons. The summed E-state index contributed by atoms with van der Waals surface area (Å²) in [6.07, 6.45) is -0.518. The van der Waals surface area contributed by atoms with Crippen molar-refractivity contribution in [1.29, 1.82) is 0 Å². The SMILES string of the molecule is COCC(O)CN(C)c1cccc(Cl)c1CNCC(C)C. The molecule has 1 atom stereocenters. The molecule has 0 heterocycles. The van der Waals surface area contributed by atoms with E-state index in [-0.39, 0.29) is 0 Å². The zero-order valence-electron chi connectivity index (χ0n) is 13.4. The van der Waals surface area contributed by atoms with Gasteiger partial charge >= 0.3 is 0 Å². The van der Waals surface area contributed by atoms with E-state index >= 15 is 0 Å². The minimum Gasteiger partial charge on any atom is -0.389 e. The molecular weight excluding hydrogens is 288 g/mol. The predicted molar refractivity (Wildman–Crippen MR) is 89.1 cm³/mol. The maximum atomic E-state index is 9.87. The van der Waals surface area contributed by atoms with Gasteiger partial charge in [0.05, 0.1) is 12.7 Å². The van der Waals surface area contributed by atoms with Crippen LogP contribution in [0.15, 0.2) is 18.2 Å². The number of anilines is 1. The molecule has 0 aliphatic heterocycles. The predicted octanol–water partition coefficient (Wildman–Crippen LogP) is 2.53. The van der Waals surface area contributed by atoms with Gasteiger partial charge in [-0.25, -0.2) is 0 Å². The summed E-state index contributed by atoms with van der Waals surface area (Å²) in [5.74, 6) is 0.595. The van der Waals surface area contributed by atoms with E-state index in [1.807, 2.05) is 30.1 Å². The van der Waals surface area contributed by atoms with Gasteiger partial charge in [0, 0.05) is 43.5 Å². The topological polar surface area (TPSA) is 44.7 Å². The van der Waals surface area contributed by atoms with Crippen LogP contribution in [0.25, 0.3) is 0 Å². The van der Waals surface area contributed by atoms with Gasteiger partial charge < -0.3 is 20.1 Å². The lowest BCUT2D eigenvalue weighted by Crippen LogP contribution is -2.33. The number of ether oxygens (including phenoxy) is 1. The van der Waals surface area contributed by atoms with Gasteiger partial charge in [0.1, 0.15) is 0 Å². The summed E-state index contributed by atoms with van der Waals surface area (Å²) in [5.41, 5.74) is 2.10. The standard InChI is InChI=1S/C16H27ClN2O2/c1-12(2)8-18-9-14-15(17)6-5-7-16(14)19(3)10-13(20)11-21-4/h5-7,12-13,18,20H,8-11H2,1-4H3. The Kier molecular flexibility index (Phi) is 8.04. The maximum absolute atomic E-state index is 9.87. The number of nitrogens with one attached hydrogen (secondary N) is 1. The molecule has 120 valence electrons.